The first-order valence-electron chi connectivity index (χ1n) is 13.0. The number of ether oxygens (including phenoxy) is 1. The van der Waals surface area contributed by atoms with E-state index >= 15 is 0 Å². The van der Waals surface area contributed by atoms with Crippen molar-refractivity contribution >= 4 is 17.1 Å². The van der Waals surface area contributed by atoms with Crippen molar-refractivity contribution in [2.24, 2.45) is 11.7 Å². The van der Waals surface area contributed by atoms with E-state index in [1.165, 1.54) is 18.2 Å². The number of nitrogens with two attached hydrogens (primary N) is 1. The summed E-state index contributed by atoms with van der Waals surface area (Å²) in [6, 6.07) is 15.5. The van der Waals surface area contributed by atoms with Crippen molar-refractivity contribution < 1.29 is 4.74 Å². The lowest BCUT2D eigenvalue weighted by Crippen LogP contribution is -2.68. The van der Waals surface area contributed by atoms with Crippen molar-refractivity contribution in [2.75, 3.05) is 43.1 Å². The van der Waals surface area contributed by atoms with Gasteiger partial charge in [0.2, 0.25) is 5.88 Å². The van der Waals surface area contributed by atoms with Gasteiger partial charge in [0.15, 0.2) is 0 Å². The molecule has 196 valence electrons. The van der Waals surface area contributed by atoms with Gasteiger partial charge < -0.3 is 20.3 Å². The zero-order chi connectivity index (χ0) is 26.9. The number of pyridine rings is 3. The van der Waals surface area contributed by atoms with Gasteiger partial charge in [-0.15, -0.1) is 0 Å². The molecule has 2 unspecified atom stereocenters. The summed E-state index contributed by atoms with van der Waals surface area (Å²) in [5.41, 5.74) is 10.3. The molecular weight excluding hydrogens is 490 g/mol. The van der Waals surface area contributed by atoms with E-state index in [2.05, 4.69) is 42.9 Å². The molecule has 3 aromatic heterocycles. The number of aromatic nitrogens is 3. The molecule has 39 heavy (non-hydrogen) atoms. The Balaban J connectivity index is 1.18. The lowest BCUT2D eigenvalue weighted by molar-refractivity contribution is -0.00876. The Morgan fingerprint density at radius 3 is 2.46 bits per heavy atom. The molecule has 2 bridgehead atoms. The molecule has 4 fully saturated rings. The summed E-state index contributed by atoms with van der Waals surface area (Å²) < 4.78 is 5.17. The van der Waals surface area contributed by atoms with E-state index in [0.29, 0.717) is 42.3 Å². The van der Waals surface area contributed by atoms with E-state index in [0.717, 1.165) is 42.3 Å². The Labute approximate surface area is 227 Å². The standard InChI is InChI=1S/C29H29N9O/c1-39-28-5-2-19(11-34-28)16-38-24-6-25(38)18-37(17-24)27-4-3-21(12-33-27)26-7-23(36-14-20(8-30)15-36)13-35-29(26)22(9-31)10-32/h2-5,7,9,11-13,20,24-25H,6,14-18,31H2,1H3. The fraction of sp³-hybridized carbons (Fsp3) is 0.345. The highest BCUT2D eigenvalue weighted by Gasteiger charge is 2.44. The monoisotopic (exact) mass is 519 g/mol. The molecule has 2 N–H and O–H groups in total. The van der Waals surface area contributed by atoms with Gasteiger partial charge in [0.1, 0.15) is 11.9 Å². The second-order valence-electron chi connectivity index (χ2n) is 10.2. The van der Waals surface area contributed by atoms with Gasteiger partial charge in [-0.3, -0.25) is 9.88 Å². The molecule has 10 heteroatoms. The van der Waals surface area contributed by atoms with Crippen molar-refractivity contribution in [2.45, 2.75) is 25.0 Å². The molecular formula is C29H29N9O. The molecule has 4 aliphatic rings. The number of fused-ring (bicyclic) bond motifs is 2. The van der Waals surface area contributed by atoms with Crippen molar-refractivity contribution in [1.82, 2.24) is 19.9 Å². The molecule has 4 saturated heterocycles. The van der Waals surface area contributed by atoms with E-state index < -0.39 is 0 Å². The van der Waals surface area contributed by atoms with Crippen LogP contribution in [0.1, 0.15) is 17.7 Å². The summed E-state index contributed by atoms with van der Waals surface area (Å²) >= 11 is 0. The minimum absolute atomic E-state index is 0.0345. The summed E-state index contributed by atoms with van der Waals surface area (Å²) in [5, 5.41) is 18.8. The van der Waals surface area contributed by atoms with Gasteiger partial charge in [0.05, 0.1) is 42.2 Å². The molecule has 4 aliphatic heterocycles. The second kappa shape index (κ2) is 10.2. The van der Waals surface area contributed by atoms with Crippen molar-refractivity contribution in [1.29, 1.82) is 10.5 Å². The zero-order valence-electron chi connectivity index (χ0n) is 21.7. The molecule has 3 aromatic rings. The first-order valence-corrected chi connectivity index (χ1v) is 13.0. The van der Waals surface area contributed by atoms with Crippen LogP contribution in [0, 0.1) is 28.6 Å². The molecule has 10 nitrogen and oxygen atoms in total. The van der Waals surface area contributed by atoms with Crippen molar-refractivity contribution in [3.8, 4) is 29.1 Å². The van der Waals surface area contributed by atoms with Crippen LogP contribution in [0.15, 0.2) is 55.1 Å². The van der Waals surface area contributed by atoms with Crippen molar-refractivity contribution in [3.05, 3.63) is 66.4 Å². The number of anilines is 2. The largest absolute Gasteiger partial charge is 0.481 e. The van der Waals surface area contributed by atoms with Crippen LogP contribution in [0.5, 0.6) is 5.88 Å². The third-order valence-corrected chi connectivity index (χ3v) is 7.94. The number of hydrogen-bond acceptors (Lipinski definition) is 10. The minimum atomic E-state index is 0.0345. The maximum absolute atomic E-state index is 9.61. The lowest BCUT2D eigenvalue weighted by atomic mass is 9.87. The number of piperazine rings is 1. The number of nitrogens with zero attached hydrogens (tertiary/aromatic N) is 8. The van der Waals surface area contributed by atoms with Crippen LogP contribution in [-0.2, 0) is 6.54 Å². The van der Waals surface area contributed by atoms with Crippen LogP contribution in [0.4, 0.5) is 11.5 Å². The summed E-state index contributed by atoms with van der Waals surface area (Å²) in [5.74, 6) is 1.61. The van der Waals surface area contributed by atoms with Gasteiger partial charge in [-0.05, 0) is 30.2 Å². The number of rotatable bonds is 7. The Morgan fingerprint density at radius 2 is 1.85 bits per heavy atom. The third kappa shape index (κ3) is 4.60. The Bertz CT molecular complexity index is 1450. The van der Waals surface area contributed by atoms with E-state index in [4.69, 9.17) is 20.7 Å². The zero-order valence-corrected chi connectivity index (χ0v) is 21.7. The molecule has 0 spiro atoms. The van der Waals surface area contributed by atoms with Gasteiger partial charge in [0.25, 0.3) is 0 Å². The summed E-state index contributed by atoms with van der Waals surface area (Å²) in [7, 11) is 1.63. The molecule has 0 radical (unpaired) electrons. The van der Waals surface area contributed by atoms with Crippen LogP contribution < -0.4 is 20.3 Å². The summed E-state index contributed by atoms with van der Waals surface area (Å²) in [6.07, 6.45) is 7.97. The number of piperidine rings is 1. The molecule has 0 amide bonds. The number of methoxy groups -OCH3 is 1. The SMILES string of the molecule is COc1ccc(CN2C3CC2CN(c2ccc(-c4cc(N5CC(C#N)C5)cnc4C(C#N)=CN)cn2)C3)cn1. The highest BCUT2D eigenvalue weighted by atomic mass is 16.5. The number of allylic oxidation sites excluding steroid dienone is 1. The van der Waals surface area contributed by atoms with E-state index in [-0.39, 0.29) is 5.92 Å². The van der Waals surface area contributed by atoms with E-state index in [1.54, 1.807) is 13.3 Å². The number of nitriles is 2. The highest BCUT2D eigenvalue weighted by molar-refractivity contribution is 5.86. The van der Waals surface area contributed by atoms with E-state index in [9.17, 15) is 5.26 Å². The summed E-state index contributed by atoms with van der Waals surface area (Å²) in [4.78, 5) is 20.7. The van der Waals surface area contributed by atoms with Gasteiger partial charge in [0, 0.05) is 80.6 Å². The van der Waals surface area contributed by atoms with Crippen LogP contribution in [0.3, 0.4) is 0 Å². The topological polar surface area (TPSA) is 131 Å². The Morgan fingerprint density at radius 1 is 1.03 bits per heavy atom. The molecule has 0 saturated carbocycles. The summed E-state index contributed by atoms with van der Waals surface area (Å²) in [6.45, 7) is 4.10. The molecule has 0 aliphatic carbocycles. The van der Waals surface area contributed by atoms with Crippen LogP contribution in [0.25, 0.3) is 16.7 Å². The average molecular weight is 520 g/mol. The van der Waals surface area contributed by atoms with Gasteiger partial charge >= 0.3 is 0 Å². The van der Waals surface area contributed by atoms with E-state index in [1.807, 2.05) is 36.7 Å². The first kappa shape index (κ1) is 24.7. The average Bonchev–Trinajstić information content (AvgIpc) is 2.97. The fourth-order valence-electron chi connectivity index (χ4n) is 5.70. The fourth-order valence-corrected chi connectivity index (χ4v) is 5.70. The smallest absolute Gasteiger partial charge is 0.212 e. The Hall–Kier alpha value is -4.67. The van der Waals surface area contributed by atoms with Crippen molar-refractivity contribution in [3.63, 3.8) is 0 Å². The minimum Gasteiger partial charge on any atom is -0.481 e. The molecule has 2 atom stereocenters. The number of hydrogen-bond donors (Lipinski definition) is 1. The molecule has 7 rings (SSSR count). The highest BCUT2D eigenvalue weighted by Crippen LogP contribution is 2.37. The predicted molar refractivity (Wildman–Crippen MR) is 147 cm³/mol. The molecule has 0 aromatic carbocycles. The lowest BCUT2D eigenvalue weighted by Gasteiger charge is -2.56. The second-order valence-corrected chi connectivity index (χ2v) is 10.2. The maximum atomic E-state index is 9.61. The van der Waals surface area contributed by atoms with Crippen LogP contribution >= 0.6 is 0 Å². The first-order chi connectivity index (χ1) is 19.1. The van der Waals surface area contributed by atoms with Gasteiger partial charge in [-0.1, -0.05) is 6.07 Å². The van der Waals surface area contributed by atoms with Crippen LogP contribution in [-0.4, -0.2) is 65.2 Å². The normalized spacial score (nSPS) is 20.9. The van der Waals surface area contributed by atoms with Gasteiger partial charge in [-0.2, -0.15) is 10.5 Å². The maximum Gasteiger partial charge on any atom is 0.212 e. The quantitative estimate of drug-likeness (QED) is 0.465. The Kier molecular flexibility index (Phi) is 6.47. The molecule has 7 heterocycles. The third-order valence-electron chi connectivity index (χ3n) is 7.94. The van der Waals surface area contributed by atoms with Gasteiger partial charge in [-0.25, -0.2) is 9.97 Å². The van der Waals surface area contributed by atoms with Crippen LogP contribution in [0.2, 0.25) is 0 Å². The predicted octanol–water partition coefficient (Wildman–Crippen LogP) is 2.79.